The van der Waals surface area contributed by atoms with E-state index >= 15 is 0 Å². The number of rotatable bonds is 3. The van der Waals surface area contributed by atoms with Gasteiger partial charge in [-0.3, -0.25) is 0 Å². The van der Waals surface area contributed by atoms with Gasteiger partial charge in [-0.1, -0.05) is 12.2 Å². The van der Waals surface area contributed by atoms with E-state index in [-0.39, 0.29) is 0 Å². The first-order valence-electron chi connectivity index (χ1n) is 4.20. The third-order valence-corrected chi connectivity index (χ3v) is 1.61. The summed E-state index contributed by atoms with van der Waals surface area (Å²) in [7, 11) is 0. The topological polar surface area (TPSA) is 9.23 Å². The van der Waals surface area contributed by atoms with E-state index in [1.807, 2.05) is 19.1 Å². The summed E-state index contributed by atoms with van der Waals surface area (Å²) in [5, 5.41) is 0. The molecule has 0 aromatic carbocycles. The maximum atomic E-state index is 5.28. The summed E-state index contributed by atoms with van der Waals surface area (Å²) in [6.07, 6.45) is 8.07. The lowest BCUT2D eigenvalue weighted by Gasteiger charge is -1.98. The van der Waals surface area contributed by atoms with Crippen molar-refractivity contribution in [1.29, 1.82) is 0 Å². The molecule has 12 heavy (non-hydrogen) atoms. The molecule has 1 aliphatic rings. The molecule has 1 rings (SSSR count). The highest BCUT2D eigenvalue weighted by Gasteiger charge is 1.92. The Balaban J connectivity index is 2.61. The molecule has 0 heterocycles. The van der Waals surface area contributed by atoms with Crippen molar-refractivity contribution in [2.75, 3.05) is 13.2 Å². The SMILES string of the molecule is CCOCC1=CC=C(C)C=C=C1. The van der Waals surface area contributed by atoms with Crippen LogP contribution in [0.5, 0.6) is 0 Å². The maximum Gasteiger partial charge on any atom is 0.0722 e. The second-order valence-electron chi connectivity index (χ2n) is 2.74. The molecule has 0 bridgehead atoms. The largest absolute Gasteiger partial charge is 0.377 e. The van der Waals surface area contributed by atoms with Crippen LogP contribution in [-0.4, -0.2) is 13.2 Å². The van der Waals surface area contributed by atoms with Gasteiger partial charge < -0.3 is 4.74 Å². The minimum atomic E-state index is 0.682. The van der Waals surface area contributed by atoms with E-state index in [4.69, 9.17) is 4.74 Å². The van der Waals surface area contributed by atoms with Crippen LogP contribution in [-0.2, 0) is 4.74 Å². The lowest BCUT2D eigenvalue weighted by Crippen LogP contribution is -1.94. The zero-order valence-corrected chi connectivity index (χ0v) is 7.63. The van der Waals surface area contributed by atoms with E-state index < -0.39 is 0 Å². The Labute approximate surface area is 73.7 Å². The summed E-state index contributed by atoms with van der Waals surface area (Å²) in [4.78, 5) is 0. The highest BCUT2D eigenvalue weighted by Crippen LogP contribution is 2.05. The van der Waals surface area contributed by atoms with Crippen molar-refractivity contribution in [3.05, 3.63) is 41.2 Å². The first kappa shape index (κ1) is 9.05. The Kier molecular flexibility index (Phi) is 3.59. The van der Waals surface area contributed by atoms with E-state index in [0.717, 1.165) is 6.61 Å². The van der Waals surface area contributed by atoms with E-state index in [1.54, 1.807) is 0 Å². The summed E-state index contributed by atoms with van der Waals surface area (Å²) in [5.41, 5.74) is 5.48. The quantitative estimate of drug-likeness (QED) is 0.580. The zero-order chi connectivity index (χ0) is 8.81. The van der Waals surface area contributed by atoms with Crippen LogP contribution in [0.4, 0.5) is 0 Å². The summed E-state index contributed by atoms with van der Waals surface area (Å²) >= 11 is 0. The number of ether oxygens (including phenoxy) is 1. The van der Waals surface area contributed by atoms with Gasteiger partial charge in [0.2, 0.25) is 0 Å². The van der Waals surface area contributed by atoms with E-state index in [9.17, 15) is 0 Å². The van der Waals surface area contributed by atoms with E-state index in [2.05, 4.69) is 24.8 Å². The van der Waals surface area contributed by atoms with Crippen molar-refractivity contribution < 1.29 is 4.74 Å². The Hall–Kier alpha value is -1.04. The van der Waals surface area contributed by atoms with Crippen LogP contribution in [0.2, 0.25) is 0 Å². The number of hydrogen-bond donors (Lipinski definition) is 0. The van der Waals surface area contributed by atoms with Gasteiger partial charge in [-0.15, -0.1) is 5.73 Å². The molecule has 0 saturated carbocycles. The van der Waals surface area contributed by atoms with Crippen LogP contribution in [0, 0.1) is 0 Å². The normalized spacial score (nSPS) is 15.5. The molecule has 0 amide bonds. The summed E-state index contributed by atoms with van der Waals surface area (Å²) in [6, 6.07) is 0. The van der Waals surface area contributed by atoms with Crippen molar-refractivity contribution in [1.82, 2.24) is 0 Å². The van der Waals surface area contributed by atoms with Crippen LogP contribution in [0.25, 0.3) is 0 Å². The molecular formula is C11H14O. The molecular weight excluding hydrogens is 148 g/mol. The highest BCUT2D eigenvalue weighted by atomic mass is 16.5. The molecule has 0 spiro atoms. The molecule has 0 aromatic rings. The van der Waals surface area contributed by atoms with Crippen molar-refractivity contribution in [3.8, 4) is 0 Å². The minimum Gasteiger partial charge on any atom is -0.377 e. The summed E-state index contributed by atoms with van der Waals surface area (Å²) in [5.74, 6) is 0. The minimum absolute atomic E-state index is 0.682. The van der Waals surface area contributed by atoms with Gasteiger partial charge in [-0.2, -0.15) is 0 Å². The third-order valence-electron chi connectivity index (χ3n) is 1.61. The van der Waals surface area contributed by atoms with Gasteiger partial charge in [-0.25, -0.2) is 0 Å². The van der Waals surface area contributed by atoms with Gasteiger partial charge in [0.05, 0.1) is 6.61 Å². The van der Waals surface area contributed by atoms with Crippen molar-refractivity contribution >= 4 is 0 Å². The second kappa shape index (κ2) is 4.76. The van der Waals surface area contributed by atoms with Gasteiger partial charge in [-0.05, 0) is 37.1 Å². The predicted octanol–water partition coefficient (Wildman–Crippen LogP) is 2.62. The Morgan fingerprint density at radius 1 is 1.33 bits per heavy atom. The molecule has 1 heteroatoms. The van der Waals surface area contributed by atoms with Crippen molar-refractivity contribution in [2.24, 2.45) is 0 Å². The van der Waals surface area contributed by atoms with Gasteiger partial charge in [0.1, 0.15) is 0 Å². The first-order valence-corrected chi connectivity index (χ1v) is 4.20. The van der Waals surface area contributed by atoms with Crippen LogP contribution in [0.3, 0.4) is 0 Å². The zero-order valence-electron chi connectivity index (χ0n) is 7.63. The van der Waals surface area contributed by atoms with Crippen molar-refractivity contribution in [3.63, 3.8) is 0 Å². The molecule has 1 nitrogen and oxygen atoms in total. The Morgan fingerprint density at radius 2 is 2.17 bits per heavy atom. The lowest BCUT2D eigenvalue weighted by atomic mass is 10.2. The summed E-state index contributed by atoms with van der Waals surface area (Å²) in [6.45, 7) is 5.50. The fraction of sp³-hybridized carbons (Fsp3) is 0.364. The van der Waals surface area contributed by atoms with Gasteiger partial charge >= 0.3 is 0 Å². The molecule has 0 saturated heterocycles. The van der Waals surface area contributed by atoms with Crippen LogP contribution in [0.15, 0.2) is 41.2 Å². The second-order valence-corrected chi connectivity index (χ2v) is 2.74. The molecule has 0 atom stereocenters. The number of allylic oxidation sites excluding steroid dienone is 3. The van der Waals surface area contributed by atoms with E-state index in [1.165, 1.54) is 11.1 Å². The average Bonchev–Trinajstić information content (AvgIpc) is 2.27. The molecule has 0 aliphatic heterocycles. The van der Waals surface area contributed by atoms with Gasteiger partial charge in [0, 0.05) is 6.61 Å². The third kappa shape index (κ3) is 2.91. The van der Waals surface area contributed by atoms with Gasteiger partial charge in [0.25, 0.3) is 0 Å². The Morgan fingerprint density at radius 3 is 2.92 bits per heavy atom. The number of hydrogen-bond acceptors (Lipinski definition) is 1. The average molecular weight is 162 g/mol. The summed E-state index contributed by atoms with van der Waals surface area (Å²) < 4.78 is 5.28. The van der Waals surface area contributed by atoms with Crippen LogP contribution < -0.4 is 0 Å². The monoisotopic (exact) mass is 162 g/mol. The maximum absolute atomic E-state index is 5.28. The predicted molar refractivity (Wildman–Crippen MR) is 51.0 cm³/mol. The van der Waals surface area contributed by atoms with E-state index in [0.29, 0.717) is 6.61 Å². The van der Waals surface area contributed by atoms with Crippen molar-refractivity contribution in [2.45, 2.75) is 13.8 Å². The standard InChI is InChI=1S/C11H14O/c1-3-12-9-11-6-4-5-10(2)7-8-11/h5-8H,3,9H2,1-2H3. The molecule has 0 aromatic heterocycles. The molecule has 1 aliphatic carbocycles. The molecule has 64 valence electrons. The molecule has 0 unspecified atom stereocenters. The first-order chi connectivity index (χ1) is 5.83. The fourth-order valence-electron chi connectivity index (χ4n) is 0.925. The van der Waals surface area contributed by atoms with Crippen LogP contribution >= 0.6 is 0 Å². The molecule has 0 radical (unpaired) electrons. The fourth-order valence-corrected chi connectivity index (χ4v) is 0.925. The van der Waals surface area contributed by atoms with Crippen LogP contribution in [0.1, 0.15) is 13.8 Å². The molecule has 0 fully saturated rings. The van der Waals surface area contributed by atoms with Gasteiger partial charge in [0.15, 0.2) is 0 Å². The Bertz CT molecular complexity index is 263. The molecule has 0 N–H and O–H groups in total. The highest BCUT2D eigenvalue weighted by molar-refractivity contribution is 5.33. The lowest BCUT2D eigenvalue weighted by molar-refractivity contribution is 0.173. The smallest absolute Gasteiger partial charge is 0.0722 e.